The van der Waals surface area contributed by atoms with Crippen LogP contribution in [-0.2, 0) is 6.42 Å². The number of aromatic nitrogens is 3. The molecule has 2 aliphatic carbocycles. The van der Waals surface area contributed by atoms with Crippen molar-refractivity contribution >= 4 is 33.8 Å². The quantitative estimate of drug-likeness (QED) is 0.640. The molecule has 1 saturated carbocycles. The number of anilines is 1. The molecule has 1 spiro atoms. The number of nitrogens with zero attached hydrogens (tertiary/aromatic N) is 4. The number of halogens is 1. The SMILES string of the molecule is Cl.N[C@@H]1c2ccccc2CC12CCN(c1nn3cc(C4CCCC4)nc3s1)CC2. The molecule has 5 nitrogen and oxygen atoms in total. The Kier molecular flexibility index (Phi) is 4.84. The number of fused-ring (bicyclic) bond motifs is 2. The minimum absolute atomic E-state index is 0. The molecule has 3 aromatic rings. The third-order valence-electron chi connectivity index (χ3n) is 7.45. The Morgan fingerprint density at radius 3 is 2.59 bits per heavy atom. The van der Waals surface area contributed by atoms with Crippen LogP contribution in [0.3, 0.4) is 0 Å². The molecule has 1 aliphatic heterocycles. The Labute approximate surface area is 181 Å². The van der Waals surface area contributed by atoms with Crippen LogP contribution in [0.4, 0.5) is 5.13 Å². The van der Waals surface area contributed by atoms with Gasteiger partial charge in [-0.05, 0) is 48.6 Å². The van der Waals surface area contributed by atoms with Gasteiger partial charge in [0.15, 0.2) is 0 Å². The van der Waals surface area contributed by atoms with Gasteiger partial charge in [0, 0.05) is 25.0 Å². The first-order valence-corrected chi connectivity index (χ1v) is 11.5. The van der Waals surface area contributed by atoms with Crippen molar-refractivity contribution in [2.24, 2.45) is 11.1 Å². The van der Waals surface area contributed by atoms with Crippen molar-refractivity contribution in [1.29, 1.82) is 0 Å². The number of hydrogen-bond donors (Lipinski definition) is 1. The zero-order chi connectivity index (χ0) is 18.7. The van der Waals surface area contributed by atoms with Crippen LogP contribution in [0.25, 0.3) is 4.96 Å². The zero-order valence-electron chi connectivity index (χ0n) is 16.6. The lowest BCUT2D eigenvalue weighted by atomic mass is 9.73. The predicted molar refractivity (Wildman–Crippen MR) is 120 cm³/mol. The van der Waals surface area contributed by atoms with Gasteiger partial charge in [-0.25, -0.2) is 9.50 Å². The van der Waals surface area contributed by atoms with Crippen LogP contribution in [0, 0.1) is 5.41 Å². The second-order valence-electron chi connectivity index (χ2n) is 8.96. The van der Waals surface area contributed by atoms with E-state index in [4.69, 9.17) is 15.8 Å². The van der Waals surface area contributed by atoms with Crippen LogP contribution < -0.4 is 10.6 Å². The lowest BCUT2D eigenvalue weighted by Crippen LogP contribution is -2.44. The molecule has 1 aromatic carbocycles. The molecule has 0 bridgehead atoms. The van der Waals surface area contributed by atoms with Crippen molar-refractivity contribution in [3.63, 3.8) is 0 Å². The fourth-order valence-corrected chi connectivity index (χ4v) is 6.64. The molecular formula is C22H28ClN5S. The summed E-state index contributed by atoms with van der Waals surface area (Å²) >= 11 is 1.74. The molecule has 0 unspecified atom stereocenters. The summed E-state index contributed by atoms with van der Waals surface area (Å²) in [6.45, 7) is 2.07. The highest BCUT2D eigenvalue weighted by molar-refractivity contribution is 7.20. The predicted octanol–water partition coefficient (Wildman–Crippen LogP) is 4.71. The third-order valence-corrected chi connectivity index (χ3v) is 8.43. The highest BCUT2D eigenvalue weighted by Crippen LogP contribution is 2.51. The van der Waals surface area contributed by atoms with Crippen molar-refractivity contribution in [2.75, 3.05) is 18.0 Å². The van der Waals surface area contributed by atoms with Crippen LogP contribution in [0.15, 0.2) is 30.5 Å². The van der Waals surface area contributed by atoms with Crippen molar-refractivity contribution in [1.82, 2.24) is 14.6 Å². The highest BCUT2D eigenvalue weighted by atomic mass is 35.5. The maximum absolute atomic E-state index is 6.72. The average Bonchev–Trinajstić information content (AvgIpc) is 3.47. The molecule has 154 valence electrons. The van der Waals surface area contributed by atoms with E-state index in [1.54, 1.807) is 11.3 Å². The number of hydrogen-bond acceptors (Lipinski definition) is 5. The van der Waals surface area contributed by atoms with E-state index >= 15 is 0 Å². The lowest BCUT2D eigenvalue weighted by molar-refractivity contribution is 0.187. The molecule has 29 heavy (non-hydrogen) atoms. The summed E-state index contributed by atoms with van der Waals surface area (Å²) in [4.78, 5) is 8.38. The van der Waals surface area contributed by atoms with E-state index in [1.807, 2.05) is 4.52 Å². The molecule has 0 radical (unpaired) electrons. The van der Waals surface area contributed by atoms with Gasteiger partial charge in [0.25, 0.3) is 0 Å². The summed E-state index contributed by atoms with van der Waals surface area (Å²) in [5.41, 5.74) is 11.0. The first-order valence-electron chi connectivity index (χ1n) is 10.7. The summed E-state index contributed by atoms with van der Waals surface area (Å²) in [5.74, 6) is 0.651. The monoisotopic (exact) mass is 429 g/mol. The standard InChI is InChI=1S/C22H27N5S.ClH/c23-19-17-8-4-3-7-16(17)13-22(19)9-11-26(12-10-22)21-25-27-14-18(24-20(27)28-21)15-5-1-2-6-15;/h3-4,7-8,14-15,19H,1-2,5-6,9-13,23H2;1H/t19-;/m1./s1. The second-order valence-corrected chi connectivity index (χ2v) is 9.90. The van der Waals surface area contributed by atoms with Gasteiger partial charge in [-0.3, -0.25) is 0 Å². The van der Waals surface area contributed by atoms with Gasteiger partial charge in [0.2, 0.25) is 10.1 Å². The number of piperidine rings is 1. The number of imidazole rings is 1. The highest BCUT2D eigenvalue weighted by Gasteiger charge is 2.46. The van der Waals surface area contributed by atoms with E-state index in [0.29, 0.717) is 5.92 Å². The van der Waals surface area contributed by atoms with Crippen LogP contribution in [-0.4, -0.2) is 27.7 Å². The van der Waals surface area contributed by atoms with E-state index in [2.05, 4.69) is 35.4 Å². The smallest absolute Gasteiger partial charge is 0.214 e. The molecule has 1 atom stereocenters. The summed E-state index contributed by atoms with van der Waals surface area (Å²) in [7, 11) is 0. The van der Waals surface area contributed by atoms with E-state index < -0.39 is 0 Å². The van der Waals surface area contributed by atoms with Crippen molar-refractivity contribution in [3.8, 4) is 0 Å². The largest absolute Gasteiger partial charge is 0.347 e. The molecular weight excluding hydrogens is 402 g/mol. The number of nitrogens with two attached hydrogens (primary N) is 1. The topological polar surface area (TPSA) is 59.5 Å². The van der Waals surface area contributed by atoms with Gasteiger partial charge in [-0.15, -0.1) is 17.5 Å². The number of rotatable bonds is 2. The minimum Gasteiger partial charge on any atom is -0.347 e. The van der Waals surface area contributed by atoms with Gasteiger partial charge in [0.1, 0.15) is 0 Å². The maximum Gasteiger partial charge on any atom is 0.214 e. The summed E-state index contributed by atoms with van der Waals surface area (Å²) in [6.07, 6.45) is 10.8. The molecule has 2 fully saturated rings. The van der Waals surface area contributed by atoms with Crippen LogP contribution in [0.2, 0.25) is 0 Å². The molecule has 2 N–H and O–H groups in total. The molecule has 3 heterocycles. The van der Waals surface area contributed by atoms with Crippen LogP contribution in [0.1, 0.15) is 67.3 Å². The summed E-state index contributed by atoms with van der Waals surface area (Å²) in [5, 5.41) is 5.98. The van der Waals surface area contributed by atoms with Gasteiger partial charge < -0.3 is 10.6 Å². The maximum atomic E-state index is 6.72. The van der Waals surface area contributed by atoms with E-state index in [-0.39, 0.29) is 23.9 Å². The normalized spacial score (nSPS) is 23.6. The Bertz CT molecular complexity index is 982. The Balaban J connectivity index is 0.00000181. The first kappa shape index (κ1) is 19.3. The third kappa shape index (κ3) is 3.07. The van der Waals surface area contributed by atoms with E-state index in [1.165, 1.54) is 42.5 Å². The van der Waals surface area contributed by atoms with Crippen molar-refractivity contribution in [2.45, 2.75) is 56.9 Å². The van der Waals surface area contributed by atoms with Crippen LogP contribution in [0.5, 0.6) is 0 Å². The Morgan fingerprint density at radius 2 is 1.86 bits per heavy atom. The lowest BCUT2D eigenvalue weighted by Gasteiger charge is -2.42. The fourth-order valence-electron chi connectivity index (χ4n) is 5.70. The van der Waals surface area contributed by atoms with Crippen molar-refractivity contribution < 1.29 is 0 Å². The molecule has 1 saturated heterocycles. The Morgan fingerprint density at radius 1 is 1.10 bits per heavy atom. The molecule has 7 heteroatoms. The molecule has 2 aromatic heterocycles. The minimum atomic E-state index is 0. The first-order chi connectivity index (χ1) is 13.7. The molecule has 6 rings (SSSR count). The van der Waals surface area contributed by atoms with Crippen molar-refractivity contribution in [3.05, 3.63) is 47.3 Å². The molecule has 0 amide bonds. The van der Waals surface area contributed by atoms with E-state index in [9.17, 15) is 0 Å². The van der Waals surface area contributed by atoms with Gasteiger partial charge >= 0.3 is 0 Å². The summed E-state index contributed by atoms with van der Waals surface area (Å²) < 4.78 is 2.01. The van der Waals surface area contributed by atoms with Gasteiger partial charge in [-0.2, -0.15) is 0 Å². The number of benzene rings is 1. The molecule has 3 aliphatic rings. The second kappa shape index (κ2) is 7.25. The Hall–Kier alpha value is -1.63. The van der Waals surface area contributed by atoms with Gasteiger partial charge in [0.05, 0.1) is 11.9 Å². The zero-order valence-corrected chi connectivity index (χ0v) is 18.2. The fraction of sp³-hybridized carbons (Fsp3) is 0.545. The average molecular weight is 430 g/mol. The van der Waals surface area contributed by atoms with E-state index in [0.717, 1.165) is 42.4 Å². The summed E-state index contributed by atoms with van der Waals surface area (Å²) in [6, 6.07) is 8.92. The van der Waals surface area contributed by atoms with Crippen LogP contribution >= 0.6 is 23.7 Å². The van der Waals surface area contributed by atoms with Gasteiger partial charge in [-0.1, -0.05) is 48.4 Å².